The number of esters is 1. The highest BCUT2D eigenvalue weighted by molar-refractivity contribution is 5.85. The maximum Gasteiger partial charge on any atom is 0.328 e. The van der Waals surface area contributed by atoms with Gasteiger partial charge < -0.3 is 10.1 Å². The van der Waals surface area contributed by atoms with Gasteiger partial charge in [0.25, 0.3) is 0 Å². The van der Waals surface area contributed by atoms with Gasteiger partial charge in [0.2, 0.25) is 5.91 Å². The monoisotopic (exact) mass is 277 g/mol. The van der Waals surface area contributed by atoms with E-state index >= 15 is 0 Å². The highest BCUT2D eigenvalue weighted by Gasteiger charge is 2.22. The average Bonchev–Trinajstić information content (AvgIpc) is 2.46. The standard InChI is InChI=1S/C16H23NO3/c1-12(2)15(18)17-14(16(19)20-3)11-7-10-13-8-5-4-6-9-13/h4-6,8-9,12,14H,7,10-11H2,1-3H3,(H,17,18)/t14-/m0/s1. The van der Waals surface area contributed by atoms with Gasteiger partial charge in [-0.25, -0.2) is 4.79 Å². The maximum absolute atomic E-state index is 11.7. The normalized spacial score (nSPS) is 12.0. The van der Waals surface area contributed by atoms with Crippen LogP contribution in [0.15, 0.2) is 30.3 Å². The lowest BCUT2D eigenvalue weighted by Crippen LogP contribution is -2.43. The summed E-state index contributed by atoms with van der Waals surface area (Å²) in [6.45, 7) is 3.60. The minimum absolute atomic E-state index is 0.125. The third-order valence-electron chi connectivity index (χ3n) is 3.13. The van der Waals surface area contributed by atoms with Crippen LogP contribution in [0.5, 0.6) is 0 Å². The van der Waals surface area contributed by atoms with E-state index in [1.54, 1.807) is 13.8 Å². The second kappa shape index (κ2) is 8.35. The first-order valence-electron chi connectivity index (χ1n) is 6.96. The Morgan fingerprint density at radius 1 is 1.20 bits per heavy atom. The van der Waals surface area contributed by atoms with E-state index in [0.29, 0.717) is 6.42 Å². The molecule has 1 aromatic carbocycles. The van der Waals surface area contributed by atoms with Gasteiger partial charge in [-0.05, 0) is 24.8 Å². The summed E-state index contributed by atoms with van der Waals surface area (Å²) in [7, 11) is 1.34. The number of rotatable bonds is 7. The predicted molar refractivity (Wildman–Crippen MR) is 78.2 cm³/mol. The Morgan fingerprint density at radius 3 is 2.40 bits per heavy atom. The fourth-order valence-electron chi connectivity index (χ4n) is 1.88. The van der Waals surface area contributed by atoms with Crippen LogP contribution >= 0.6 is 0 Å². The van der Waals surface area contributed by atoms with Crippen molar-refractivity contribution >= 4 is 11.9 Å². The number of hydrogen-bond acceptors (Lipinski definition) is 3. The molecule has 0 spiro atoms. The van der Waals surface area contributed by atoms with E-state index in [2.05, 4.69) is 17.4 Å². The molecule has 1 atom stereocenters. The molecular weight excluding hydrogens is 254 g/mol. The summed E-state index contributed by atoms with van der Waals surface area (Å²) in [5, 5.41) is 2.74. The van der Waals surface area contributed by atoms with Gasteiger partial charge in [-0.15, -0.1) is 0 Å². The van der Waals surface area contributed by atoms with Gasteiger partial charge in [0.15, 0.2) is 0 Å². The average molecular weight is 277 g/mol. The van der Waals surface area contributed by atoms with Crippen molar-refractivity contribution in [3.63, 3.8) is 0 Å². The largest absolute Gasteiger partial charge is 0.467 e. The summed E-state index contributed by atoms with van der Waals surface area (Å²) >= 11 is 0. The zero-order valence-corrected chi connectivity index (χ0v) is 12.4. The highest BCUT2D eigenvalue weighted by Crippen LogP contribution is 2.08. The quantitative estimate of drug-likeness (QED) is 0.778. The van der Waals surface area contributed by atoms with Gasteiger partial charge in [0, 0.05) is 5.92 Å². The van der Waals surface area contributed by atoms with Crippen molar-refractivity contribution in [3.8, 4) is 0 Å². The number of benzene rings is 1. The number of carbonyl (C=O) groups excluding carboxylic acids is 2. The van der Waals surface area contributed by atoms with E-state index < -0.39 is 6.04 Å². The first-order valence-corrected chi connectivity index (χ1v) is 6.96. The number of amides is 1. The Hall–Kier alpha value is -1.84. The molecule has 0 heterocycles. The van der Waals surface area contributed by atoms with Gasteiger partial charge in [0.05, 0.1) is 7.11 Å². The van der Waals surface area contributed by atoms with Gasteiger partial charge in [-0.2, -0.15) is 0 Å². The summed E-state index contributed by atoms with van der Waals surface area (Å²) in [5.41, 5.74) is 1.23. The number of ether oxygens (including phenoxy) is 1. The van der Waals surface area contributed by atoms with Crippen molar-refractivity contribution < 1.29 is 14.3 Å². The zero-order chi connectivity index (χ0) is 15.0. The molecule has 0 aromatic heterocycles. The first-order chi connectivity index (χ1) is 9.54. The van der Waals surface area contributed by atoms with Gasteiger partial charge >= 0.3 is 5.97 Å². The van der Waals surface area contributed by atoms with Crippen molar-refractivity contribution in [3.05, 3.63) is 35.9 Å². The van der Waals surface area contributed by atoms with E-state index in [4.69, 9.17) is 4.74 Å². The topological polar surface area (TPSA) is 55.4 Å². The fourth-order valence-corrected chi connectivity index (χ4v) is 1.88. The lowest BCUT2D eigenvalue weighted by atomic mass is 10.0. The molecule has 4 nitrogen and oxygen atoms in total. The number of nitrogens with one attached hydrogen (secondary N) is 1. The Balaban J connectivity index is 2.48. The van der Waals surface area contributed by atoms with Crippen molar-refractivity contribution in [1.82, 2.24) is 5.32 Å². The first kappa shape index (κ1) is 16.2. The van der Waals surface area contributed by atoms with Crippen LogP contribution < -0.4 is 5.32 Å². The Bertz CT molecular complexity index is 429. The number of hydrogen-bond donors (Lipinski definition) is 1. The third kappa shape index (κ3) is 5.43. The van der Waals surface area contributed by atoms with Crippen molar-refractivity contribution in [2.24, 2.45) is 5.92 Å². The van der Waals surface area contributed by atoms with Crippen LogP contribution in [0.2, 0.25) is 0 Å². The lowest BCUT2D eigenvalue weighted by Gasteiger charge is -2.17. The lowest BCUT2D eigenvalue weighted by molar-refractivity contribution is -0.145. The molecule has 0 aliphatic rings. The molecule has 110 valence electrons. The minimum atomic E-state index is -0.557. The molecule has 0 aliphatic carbocycles. The Kier molecular flexibility index (Phi) is 6.77. The molecule has 0 saturated heterocycles. The number of aryl methyl sites for hydroxylation is 1. The van der Waals surface area contributed by atoms with E-state index in [1.807, 2.05) is 18.2 Å². The summed E-state index contributed by atoms with van der Waals surface area (Å²) < 4.78 is 4.74. The second-order valence-corrected chi connectivity index (χ2v) is 5.12. The SMILES string of the molecule is COC(=O)[C@H](CCCc1ccccc1)NC(=O)C(C)C. The molecule has 1 N–H and O–H groups in total. The van der Waals surface area contributed by atoms with Crippen LogP contribution in [-0.4, -0.2) is 25.0 Å². The van der Waals surface area contributed by atoms with Crippen LogP contribution in [0, 0.1) is 5.92 Å². The minimum Gasteiger partial charge on any atom is -0.467 e. The van der Waals surface area contributed by atoms with Crippen molar-refractivity contribution in [2.75, 3.05) is 7.11 Å². The predicted octanol–water partition coefficient (Wildman–Crippen LogP) is 2.32. The highest BCUT2D eigenvalue weighted by atomic mass is 16.5. The Morgan fingerprint density at radius 2 is 1.85 bits per heavy atom. The zero-order valence-electron chi connectivity index (χ0n) is 12.4. The van der Waals surface area contributed by atoms with E-state index in [0.717, 1.165) is 12.8 Å². The molecule has 0 fully saturated rings. The molecule has 0 radical (unpaired) electrons. The Labute approximate surface area is 120 Å². The molecule has 0 aliphatic heterocycles. The molecule has 20 heavy (non-hydrogen) atoms. The van der Waals surface area contributed by atoms with Gasteiger partial charge in [0.1, 0.15) is 6.04 Å². The maximum atomic E-state index is 11.7. The summed E-state index contributed by atoms with van der Waals surface area (Å²) in [5.74, 6) is -0.650. The van der Waals surface area contributed by atoms with Crippen LogP contribution in [0.4, 0.5) is 0 Å². The van der Waals surface area contributed by atoms with Crippen molar-refractivity contribution in [2.45, 2.75) is 39.2 Å². The number of carbonyl (C=O) groups is 2. The molecule has 0 saturated carbocycles. The van der Waals surface area contributed by atoms with E-state index in [1.165, 1.54) is 12.7 Å². The fraction of sp³-hybridized carbons (Fsp3) is 0.500. The van der Waals surface area contributed by atoms with Crippen LogP contribution in [-0.2, 0) is 20.7 Å². The summed E-state index contributed by atoms with van der Waals surface area (Å²) in [6.07, 6.45) is 2.29. The van der Waals surface area contributed by atoms with Gasteiger partial charge in [-0.1, -0.05) is 44.2 Å². The molecule has 1 rings (SSSR count). The van der Waals surface area contributed by atoms with Crippen LogP contribution in [0.1, 0.15) is 32.3 Å². The van der Waals surface area contributed by atoms with Crippen molar-refractivity contribution in [1.29, 1.82) is 0 Å². The van der Waals surface area contributed by atoms with Crippen LogP contribution in [0.3, 0.4) is 0 Å². The molecule has 4 heteroatoms. The van der Waals surface area contributed by atoms with E-state index in [-0.39, 0.29) is 17.8 Å². The molecule has 1 amide bonds. The molecule has 1 aromatic rings. The van der Waals surface area contributed by atoms with Crippen LogP contribution in [0.25, 0.3) is 0 Å². The second-order valence-electron chi connectivity index (χ2n) is 5.12. The summed E-state index contributed by atoms with van der Waals surface area (Å²) in [4.78, 5) is 23.4. The number of methoxy groups -OCH3 is 1. The van der Waals surface area contributed by atoms with E-state index in [9.17, 15) is 9.59 Å². The molecule has 0 unspecified atom stereocenters. The van der Waals surface area contributed by atoms with Gasteiger partial charge in [-0.3, -0.25) is 4.79 Å². The molecular formula is C16H23NO3. The molecule has 0 bridgehead atoms. The summed E-state index contributed by atoms with van der Waals surface area (Å²) in [6, 6.07) is 9.52. The smallest absolute Gasteiger partial charge is 0.328 e. The third-order valence-corrected chi connectivity index (χ3v) is 3.13.